The number of esters is 1. The van der Waals surface area contributed by atoms with Crippen LogP contribution < -0.4 is 9.47 Å². The SMILES string of the molecule is COc1ccc(/C=C2/N=C(c3ccc(I)cc3)OC2=O)c(OC)c1. The van der Waals surface area contributed by atoms with Crippen LogP contribution in [-0.4, -0.2) is 26.1 Å². The molecule has 0 radical (unpaired) electrons. The Labute approximate surface area is 153 Å². The molecule has 3 rings (SSSR count). The summed E-state index contributed by atoms with van der Waals surface area (Å²) in [7, 11) is 3.14. The highest BCUT2D eigenvalue weighted by molar-refractivity contribution is 14.1. The first kappa shape index (κ1) is 16.5. The minimum atomic E-state index is -0.485. The topological polar surface area (TPSA) is 57.1 Å². The van der Waals surface area contributed by atoms with Crippen LogP contribution in [0.5, 0.6) is 11.5 Å². The number of ether oxygens (including phenoxy) is 3. The molecule has 0 spiro atoms. The number of halogens is 1. The van der Waals surface area contributed by atoms with Gasteiger partial charge in [-0.3, -0.25) is 0 Å². The van der Waals surface area contributed by atoms with Crippen molar-refractivity contribution in [1.82, 2.24) is 0 Å². The molecule has 1 heterocycles. The van der Waals surface area contributed by atoms with Crippen molar-refractivity contribution >= 4 is 40.5 Å². The number of carbonyl (C=O) groups is 1. The van der Waals surface area contributed by atoms with Crippen LogP contribution in [-0.2, 0) is 9.53 Å². The van der Waals surface area contributed by atoms with Gasteiger partial charge in [-0.05, 0) is 65.1 Å². The third kappa shape index (κ3) is 3.43. The molecule has 0 aromatic heterocycles. The van der Waals surface area contributed by atoms with Crippen LogP contribution in [0.4, 0.5) is 0 Å². The minimum Gasteiger partial charge on any atom is -0.497 e. The fraction of sp³-hybridized carbons (Fsp3) is 0.111. The molecule has 1 aliphatic rings. The Morgan fingerprint density at radius 2 is 1.83 bits per heavy atom. The van der Waals surface area contributed by atoms with Gasteiger partial charge in [-0.15, -0.1) is 0 Å². The first-order chi connectivity index (χ1) is 11.6. The largest absolute Gasteiger partial charge is 0.497 e. The van der Waals surface area contributed by atoms with E-state index in [2.05, 4.69) is 27.6 Å². The molecular formula is C18H14INO4. The molecular weight excluding hydrogens is 421 g/mol. The van der Waals surface area contributed by atoms with Gasteiger partial charge in [0.1, 0.15) is 11.5 Å². The fourth-order valence-electron chi connectivity index (χ4n) is 2.21. The number of hydrogen-bond donors (Lipinski definition) is 0. The molecule has 0 N–H and O–H groups in total. The first-order valence-electron chi connectivity index (χ1n) is 7.11. The highest BCUT2D eigenvalue weighted by atomic mass is 127. The van der Waals surface area contributed by atoms with Crippen LogP contribution in [0.15, 0.2) is 53.2 Å². The van der Waals surface area contributed by atoms with Crippen LogP contribution in [0.3, 0.4) is 0 Å². The Morgan fingerprint density at radius 1 is 1.08 bits per heavy atom. The van der Waals surface area contributed by atoms with Gasteiger partial charge in [-0.2, -0.15) is 0 Å². The van der Waals surface area contributed by atoms with E-state index in [0.29, 0.717) is 17.4 Å². The predicted molar refractivity (Wildman–Crippen MR) is 99.3 cm³/mol. The number of hydrogen-bond acceptors (Lipinski definition) is 5. The Hall–Kier alpha value is -2.35. The quantitative estimate of drug-likeness (QED) is 0.418. The molecule has 24 heavy (non-hydrogen) atoms. The van der Waals surface area contributed by atoms with Gasteiger partial charge in [0.05, 0.1) is 14.2 Å². The average Bonchev–Trinajstić information content (AvgIpc) is 2.96. The first-order valence-corrected chi connectivity index (χ1v) is 8.19. The molecule has 6 heteroatoms. The third-order valence-corrected chi connectivity index (χ3v) is 4.16. The lowest BCUT2D eigenvalue weighted by atomic mass is 10.1. The third-order valence-electron chi connectivity index (χ3n) is 3.44. The van der Waals surface area contributed by atoms with Crippen molar-refractivity contribution in [1.29, 1.82) is 0 Å². The zero-order valence-electron chi connectivity index (χ0n) is 13.1. The van der Waals surface area contributed by atoms with Gasteiger partial charge < -0.3 is 14.2 Å². The normalized spacial score (nSPS) is 15.2. The lowest BCUT2D eigenvalue weighted by Gasteiger charge is -2.07. The lowest BCUT2D eigenvalue weighted by molar-refractivity contribution is -0.129. The van der Waals surface area contributed by atoms with Crippen LogP contribution in [0.2, 0.25) is 0 Å². The van der Waals surface area contributed by atoms with E-state index < -0.39 is 5.97 Å². The predicted octanol–water partition coefficient (Wildman–Crippen LogP) is 3.65. The molecule has 0 amide bonds. The zero-order chi connectivity index (χ0) is 17.1. The summed E-state index contributed by atoms with van der Waals surface area (Å²) >= 11 is 2.21. The number of benzene rings is 2. The summed E-state index contributed by atoms with van der Waals surface area (Å²) in [5, 5.41) is 0. The summed E-state index contributed by atoms with van der Waals surface area (Å²) in [6.07, 6.45) is 1.64. The number of nitrogens with zero attached hydrogens (tertiary/aromatic N) is 1. The van der Waals surface area contributed by atoms with Crippen molar-refractivity contribution in [2.24, 2.45) is 4.99 Å². The van der Waals surface area contributed by atoms with E-state index in [1.807, 2.05) is 24.3 Å². The van der Waals surface area contributed by atoms with Gasteiger partial charge in [0.2, 0.25) is 5.90 Å². The maximum absolute atomic E-state index is 12.1. The smallest absolute Gasteiger partial charge is 0.363 e. The van der Waals surface area contributed by atoms with Crippen molar-refractivity contribution in [2.75, 3.05) is 14.2 Å². The van der Waals surface area contributed by atoms with Crippen molar-refractivity contribution in [3.05, 3.63) is 62.9 Å². The van der Waals surface area contributed by atoms with E-state index in [1.165, 1.54) is 0 Å². The molecule has 0 atom stereocenters. The second-order valence-electron chi connectivity index (χ2n) is 4.95. The molecule has 5 nitrogen and oxygen atoms in total. The van der Waals surface area contributed by atoms with Gasteiger partial charge in [0, 0.05) is 20.8 Å². The number of carbonyl (C=O) groups excluding carboxylic acids is 1. The molecule has 1 aliphatic heterocycles. The Morgan fingerprint density at radius 3 is 2.50 bits per heavy atom. The summed E-state index contributed by atoms with van der Waals surface area (Å²) in [6.45, 7) is 0. The van der Waals surface area contributed by atoms with E-state index in [1.54, 1.807) is 38.5 Å². The van der Waals surface area contributed by atoms with E-state index in [9.17, 15) is 4.79 Å². The lowest BCUT2D eigenvalue weighted by Crippen LogP contribution is -2.05. The minimum absolute atomic E-state index is 0.229. The standard InChI is InChI=1S/C18H14INO4/c1-22-14-8-5-12(16(10-14)23-2)9-15-18(21)24-17(20-15)11-3-6-13(19)7-4-11/h3-10H,1-2H3/b15-9+. The van der Waals surface area contributed by atoms with Gasteiger partial charge in [-0.25, -0.2) is 9.79 Å². The molecule has 0 bridgehead atoms. The molecule has 0 unspecified atom stereocenters. The summed E-state index contributed by atoms with van der Waals surface area (Å²) in [5.74, 6) is 1.08. The maximum Gasteiger partial charge on any atom is 0.363 e. The van der Waals surface area contributed by atoms with Crippen molar-refractivity contribution in [3.63, 3.8) is 0 Å². The molecule has 0 aliphatic carbocycles. The Bertz CT molecular complexity index is 841. The van der Waals surface area contributed by atoms with Gasteiger partial charge in [0.15, 0.2) is 5.70 Å². The summed E-state index contributed by atoms with van der Waals surface area (Å²) in [5.41, 5.74) is 1.71. The van der Waals surface area contributed by atoms with Crippen molar-refractivity contribution in [3.8, 4) is 11.5 Å². The maximum atomic E-state index is 12.1. The molecule has 0 saturated heterocycles. The molecule has 122 valence electrons. The van der Waals surface area contributed by atoms with Crippen LogP contribution >= 0.6 is 22.6 Å². The molecule has 2 aromatic carbocycles. The average molecular weight is 435 g/mol. The second-order valence-corrected chi connectivity index (χ2v) is 6.20. The number of cyclic esters (lactones) is 1. The van der Waals surface area contributed by atoms with Crippen LogP contribution in [0.1, 0.15) is 11.1 Å². The summed E-state index contributed by atoms with van der Waals surface area (Å²) < 4.78 is 16.9. The van der Waals surface area contributed by atoms with Gasteiger partial charge >= 0.3 is 5.97 Å². The highest BCUT2D eigenvalue weighted by Gasteiger charge is 2.24. The fourth-order valence-corrected chi connectivity index (χ4v) is 2.57. The van der Waals surface area contributed by atoms with Crippen molar-refractivity contribution < 1.29 is 19.0 Å². The summed E-state index contributed by atoms with van der Waals surface area (Å²) in [4.78, 5) is 16.4. The van der Waals surface area contributed by atoms with E-state index >= 15 is 0 Å². The van der Waals surface area contributed by atoms with E-state index in [4.69, 9.17) is 14.2 Å². The Balaban J connectivity index is 1.95. The van der Waals surface area contributed by atoms with Crippen molar-refractivity contribution in [2.45, 2.75) is 0 Å². The van der Waals surface area contributed by atoms with Gasteiger partial charge in [-0.1, -0.05) is 0 Å². The van der Waals surface area contributed by atoms with Gasteiger partial charge in [0.25, 0.3) is 0 Å². The number of methoxy groups -OCH3 is 2. The monoisotopic (exact) mass is 435 g/mol. The molecule has 0 saturated carbocycles. The second kappa shape index (κ2) is 7.04. The number of rotatable bonds is 4. The van der Waals surface area contributed by atoms with Crippen LogP contribution in [0, 0.1) is 3.57 Å². The molecule has 0 fully saturated rings. The highest BCUT2D eigenvalue weighted by Crippen LogP contribution is 2.28. The zero-order valence-corrected chi connectivity index (χ0v) is 15.2. The Kier molecular flexibility index (Phi) is 4.84. The molecule has 2 aromatic rings. The number of aliphatic imine (C=N–C) groups is 1. The van der Waals surface area contributed by atoms with E-state index in [0.717, 1.165) is 14.7 Å². The summed E-state index contributed by atoms with van der Waals surface area (Å²) in [6, 6.07) is 12.9. The van der Waals surface area contributed by atoms with Crippen LogP contribution in [0.25, 0.3) is 6.08 Å². The van der Waals surface area contributed by atoms with E-state index in [-0.39, 0.29) is 5.70 Å².